The molecule has 0 bridgehead atoms. The largest absolute Gasteiger partial charge is 0.471 e. The van der Waals surface area contributed by atoms with Crippen LogP contribution in [0.15, 0.2) is 47.5 Å². The smallest absolute Gasteiger partial charge is 0.416 e. The van der Waals surface area contributed by atoms with Gasteiger partial charge < -0.3 is 14.4 Å². The van der Waals surface area contributed by atoms with Crippen molar-refractivity contribution in [1.82, 2.24) is 14.2 Å². The molecule has 3 heterocycles. The molecule has 172 valence electrons. The van der Waals surface area contributed by atoms with Gasteiger partial charge >= 0.3 is 6.18 Å². The number of benzene rings is 1. The van der Waals surface area contributed by atoms with Gasteiger partial charge in [-0.25, -0.2) is 13.4 Å². The lowest BCUT2D eigenvalue weighted by Gasteiger charge is -2.38. The molecular weight excluding hydrogens is 451 g/mol. The second-order valence-electron chi connectivity index (χ2n) is 7.37. The van der Waals surface area contributed by atoms with Crippen molar-refractivity contribution in [2.24, 2.45) is 0 Å². The zero-order chi connectivity index (χ0) is 22.9. The monoisotopic (exact) mass is 471 g/mol. The second kappa shape index (κ2) is 8.68. The third-order valence-electron chi connectivity index (χ3n) is 5.19. The Kier molecular flexibility index (Phi) is 6.10. The van der Waals surface area contributed by atoms with Crippen LogP contribution in [0, 0.1) is 0 Å². The summed E-state index contributed by atoms with van der Waals surface area (Å²) in [6.07, 6.45) is -3.95. The molecule has 32 heavy (non-hydrogen) atoms. The Morgan fingerprint density at radius 2 is 1.75 bits per heavy atom. The number of halogens is 3. The number of sulfonamides is 1. The number of ether oxygens (including phenoxy) is 2. The van der Waals surface area contributed by atoms with Crippen LogP contribution in [-0.2, 0) is 20.9 Å². The summed E-state index contributed by atoms with van der Waals surface area (Å²) in [5.74, 6) is -0.480. The van der Waals surface area contributed by atoms with Gasteiger partial charge in [0.1, 0.15) is 6.10 Å². The minimum Gasteiger partial charge on any atom is -0.471 e. The molecule has 0 saturated carbocycles. The lowest BCUT2D eigenvalue weighted by molar-refractivity contribution is -0.137. The van der Waals surface area contributed by atoms with E-state index in [0.717, 1.165) is 18.3 Å². The number of rotatable bonds is 5. The van der Waals surface area contributed by atoms with E-state index in [1.54, 1.807) is 0 Å². The predicted octanol–water partition coefficient (Wildman–Crippen LogP) is 2.02. The summed E-state index contributed by atoms with van der Waals surface area (Å²) in [7, 11) is -3.65. The highest BCUT2D eigenvalue weighted by Crippen LogP contribution is 2.31. The van der Waals surface area contributed by atoms with Crippen molar-refractivity contribution in [3.63, 3.8) is 0 Å². The number of nitrogens with zero attached hydrogens (tertiary/aromatic N) is 3. The van der Waals surface area contributed by atoms with E-state index >= 15 is 0 Å². The van der Waals surface area contributed by atoms with Crippen LogP contribution in [0.5, 0.6) is 5.88 Å². The molecule has 1 aromatic heterocycles. The summed E-state index contributed by atoms with van der Waals surface area (Å²) in [6, 6.07) is 7.33. The Morgan fingerprint density at radius 3 is 2.38 bits per heavy atom. The van der Waals surface area contributed by atoms with Gasteiger partial charge in [0.2, 0.25) is 15.9 Å². The molecule has 12 heteroatoms. The molecule has 1 aromatic carbocycles. The normalized spacial score (nSPS) is 18.3. The molecule has 0 aliphatic carbocycles. The molecule has 2 aliphatic heterocycles. The Hall–Kier alpha value is -2.70. The molecule has 2 aliphatic rings. The van der Waals surface area contributed by atoms with Crippen molar-refractivity contribution in [3.05, 3.63) is 53.7 Å². The molecule has 4 rings (SSSR count). The predicted molar refractivity (Wildman–Crippen MR) is 106 cm³/mol. The Labute approximate surface area is 182 Å². The summed E-state index contributed by atoms with van der Waals surface area (Å²) < 4.78 is 75.6. The van der Waals surface area contributed by atoms with Gasteiger partial charge in [-0.05, 0) is 30.3 Å². The van der Waals surface area contributed by atoms with E-state index in [-0.39, 0.29) is 42.9 Å². The molecule has 0 unspecified atom stereocenters. The van der Waals surface area contributed by atoms with Crippen molar-refractivity contribution >= 4 is 15.9 Å². The first-order valence-corrected chi connectivity index (χ1v) is 11.3. The molecule has 2 aromatic rings. The molecule has 0 spiro atoms. The van der Waals surface area contributed by atoms with Gasteiger partial charge in [-0.1, -0.05) is 0 Å². The molecule has 8 nitrogen and oxygen atoms in total. The van der Waals surface area contributed by atoms with E-state index in [0.29, 0.717) is 18.8 Å². The first-order valence-electron chi connectivity index (χ1n) is 9.82. The highest BCUT2D eigenvalue weighted by molar-refractivity contribution is 7.89. The average Bonchev–Trinajstić information content (AvgIpc) is 2.76. The van der Waals surface area contributed by atoms with Crippen LogP contribution in [0.3, 0.4) is 0 Å². The fourth-order valence-electron chi connectivity index (χ4n) is 3.39. The number of aromatic nitrogens is 1. The fraction of sp³-hybridized carbons (Fsp3) is 0.400. The van der Waals surface area contributed by atoms with Gasteiger partial charge in [-0.15, -0.1) is 0 Å². The van der Waals surface area contributed by atoms with Crippen molar-refractivity contribution in [1.29, 1.82) is 0 Å². The van der Waals surface area contributed by atoms with E-state index < -0.39 is 27.9 Å². The first-order chi connectivity index (χ1) is 15.1. The number of morpholine rings is 1. The number of carbonyl (C=O) groups excluding carboxylic acids is 1. The Balaban J connectivity index is 1.34. The number of amides is 1. The van der Waals surface area contributed by atoms with E-state index in [1.807, 2.05) is 0 Å². The highest BCUT2D eigenvalue weighted by Gasteiger charge is 2.35. The zero-order valence-electron chi connectivity index (χ0n) is 16.8. The third kappa shape index (κ3) is 4.71. The number of hydrogen-bond donors (Lipinski definition) is 0. The summed E-state index contributed by atoms with van der Waals surface area (Å²) in [5.41, 5.74) is -0.552. The SMILES string of the molecule is O=C(c1ccc(S(=O)(=O)N2CCOCC2)cc1)N1CC(Oc2cc(C(F)(F)F)ccn2)C1. The van der Waals surface area contributed by atoms with Gasteiger partial charge in [0, 0.05) is 30.9 Å². The maximum Gasteiger partial charge on any atom is 0.416 e. The maximum absolute atomic E-state index is 12.8. The summed E-state index contributed by atoms with van der Waals surface area (Å²) in [4.78, 5) is 17.9. The minimum atomic E-state index is -4.50. The van der Waals surface area contributed by atoms with E-state index in [2.05, 4.69) is 4.98 Å². The standard InChI is InChI=1S/C20H20F3N3O5S/c21-20(22,23)15-5-6-24-18(11-15)31-16-12-25(13-16)19(27)14-1-3-17(4-2-14)32(28,29)26-7-9-30-10-8-26/h1-6,11,16H,7-10,12-13H2. The van der Waals surface area contributed by atoms with Gasteiger partial charge in [0.05, 0.1) is 36.8 Å². The molecular formula is C20H20F3N3O5S. The van der Waals surface area contributed by atoms with Crippen molar-refractivity contribution in [2.45, 2.75) is 17.2 Å². The summed E-state index contributed by atoms with van der Waals surface area (Å²) in [6.45, 7) is 1.60. The van der Waals surface area contributed by atoms with Crippen LogP contribution in [0.4, 0.5) is 13.2 Å². The highest BCUT2D eigenvalue weighted by atomic mass is 32.2. The molecule has 2 fully saturated rings. The van der Waals surface area contributed by atoms with Crippen molar-refractivity contribution < 1.29 is 35.9 Å². The number of carbonyl (C=O) groups is 1. The number of hydrogen-bond acceptors (Lipinski definition) is 6. The van der Waals surface area contributed by atoms with Crippen molar-refractivity contribution in [2.75, 3.05) is 39.4 Å². The van der Waals surface area contributed by atoms with E-state index in [9.17, 15) is 26.4 Å². The topological polar surface area (TPSA) is 89.0 Å². The molecule has 1 amide bonds. The van der Waals surface area contributed by atoms with Crippen LogP contribution in [0.1, 0.15) is 15.9 Å². The third-order valence-corrected chi connectivity index (χ3v) is 7.11. The van der Waals surface area contributed by atoms with E-state index in [1.165, 1.54) is 33.5 Å². The van der Waals surface area contributed by atoms with E-state index in [4.69, 9.17) is 9.47 Å². The fourth-order valence-corrected chi connectivity index (χ4v) is 4.80. The van der Waals surface area contributed by atoms with Gasteiger partial charge in [-0.3, -0.25) is 4.79 Å². The van der Waals surface area contributed by atoms with Crippen LogP contribution in [0.2, 0.25) is 0 Å². The zero-order valence-corrected chi connectivity index (χ0v) is 17.6. The number of alkyl halides is 3. The van der Waals surface area contributed by atoms with Gasteiger partial charge in [0.25, 0.3) is 5.91 Å². The second-order valence-corrected chi connectivity index (χ2v) is 9.31. The number of pyridine rings is 1. The quantitative estimate of drug-likeness (QED) is 0.663. The Bertz CT molecular complexity index is 1080. The summed E-state index contributed by atoms with van der Waals surface area (Å²) >= 11 is 0. The van der Waals surface area contributed by atoms with Gasteiger partial charge in [-0.2, -0.15) is 17.5 Å². The van der Waals surface area contributed by atoms with Crippen LogP contribution < -0.4 is 4.74 Å². The summed E-state index contributed by atoms with van der Waals surface area (Å²) in [5, 5.41) is 0. The van der Waals surface area contributed by atoms with Gasteiger partial charge in [0.15, 0.2) is 0 Å². The average molecular weight is 471 g/mol. The van der Waals surface area contributed by atoms with Crippen LogP contribution in [-0.4, -0.2) is 74.0 Å². The molecule has 0 atom stereocenters. The molecule has 2 saturated heterocycles. The molecule has 0 N–H and O–H groups in total. The minimum absolute atomic E-state index is 0.0939. The first kappa shape index (κ1) is 22.5. The Morgan fingerprint density at radius 1 is 1.09 bits per heavy atom. The van der Waals surface area contributed by atoms with Crippen LogP contribution >= 0.6 is 0 Å². The lowest BCUT2D eigenvalue weighted by atomic mass is 10.1. The lowest BCUT2D eigenvalue weighted by Crippen LogP contribution is -2.56. The number of likely N-dealkylation sites (tertiary alicyclic amines) is 1. The van der Waals surface area contributed by atoms with Crippen LogP contribution in [0.25, 0.3) is 0 Å². The van der Waals surface area contributed by atoms with Crippen molar-refractivity contribution in [3.8, 4) is 5.88 Å². The maximum atomic E-state index is 12.8. The molecule has 0 radical (unpaired) electrons.